The summed E-state index contributed by atoms with van der Waals surface area (Å²) in [5.74, 6) is -10.7. The summed E-state index contributed by atoms with van der Waals surface area (Å²) in [5.41, 5.74) is -1.34. The van der Waals surface area contributed by atoms with Crippen LogP contribution in [0.5, 0.6) is 17.2 Å². The lowest BCUT2D eigenvalue weighted by molar-refractivity contribution is -0.124. The largest absolute Gasteiger partial charge is 0.466 e. The van der Waals surface area contributed by atoms with E-state index < -0.39 is 66.8 Å². The summed E-state index contributed by atoms with van der Waals surface area (Å²) < 4.78 is 112. The van der Waals surface area contributed by atoms with E-state index in [1.54, 1.807) is 0 Å². The smallest absolute Gasteiger partial charge is 0.453 e. The van der Waals surface area contributed by atoms with Gasteiger partial charge in [-0.2, -0.15) is 17.6 Å². The van der Waals surface area contributed by atoms with Crippen LogP contribution in [0.15, 0.2) is 35.2 Å². The molecule has 0 aromatic heterocycles. The van der Waals surface area contributed by atoms with Gasteiger partial charge in [-0.3, -0.25) is 4.79 Å². The summed E-state index contributed by atoms with van der Waals surface area (Å²) in [5, 5.41) is 0. The fourth-order valence-corrected chi connectivity index (χ4v) is 3.23. The third-order valence-electron chi connectivity index (χ3n) is 3.41. The van der Waals surface area contributed by atoms with Gasteiger partial charge < -0.3 is 9.47 Å². The van der Waals surface area contributed by atoms with Crippen molar-refractivity contribution in [2.24, 2.45) is 0 Å². The van der Waals surface area contributed by atoms with Crippen molar-refractivity contribution in [2.75, 3.05) is 0 Å². The molecule has 12 heteroatoms. The first-order valence-corrected chi connectivity index (χ1v) is 8.43. The van der Waals surface area contributed by atoms with Crippen LogP contribution < -0.4 is 9.47 Å². The Morgan fingerprint density at radius 1 is 1.04 bits per heavy atom. The van der Waals surface area contributed by atoms with Gasteiger partial charge in [0, 0.05) is 18.2 Å². The molecular weight excluding hydrogens is 406 g/mol. The lowest BCUT2D eigenvalue weighted by Gasteiger charge is -2.12. The lowest BCUT2D eigenvalue weighted by atomic mass is 10.1. The van der Waals surface area contributed by atoms with E-state index in [4.69, 9.17) is 4.74 Å². The summed E-state index contributed by atoms with van der Waals surface area (Å²) in [6.45, 7) is 0. The molecule has 5 nitrogen and oxygen atoms in total. The van der Waals surface area contributed by atoms with Gasteiger partial charge in [-0.05, 0) is 12.1 Å². The van der Waals surface area contributed by atoms with Gasteiger partial charge in [0.2, 0.25) is 9.84 Å². The summed E-state index contributed by atoms with van der Waals surface area (Å²) >= 11 is 0. The van der Waals surface area contributed by atoms with E-state index in [0.29, 0.717) is 30.3 Å². The van der Waals surface area contributed by atoms with Gasteiger partial charge in [-0.25, -0.2) is 17.2 Å². The van der Waals surface area contributed by atoms with Crippen LogP contribution in [-0.2, 0) is 9.84 Å². The van der Waals surface area contributed by atoms with E-state index >= 15 is 0 Å². The Labute approximate surface area is 147 Å². The van der Waals surface area contributed by atoms with Gasteiger partial charge in [0.25, 0.3) is 5.78 Å². The molecule has 27 heavy (non-hydrogen) atoms. The molecule has 2 aromatic carbocycles. The standard InChI is InChI=1S/C15H6F6O5S/c16-6-3-7(17)5-8(4-6)25-9-1-2-10(27(23,24)14(18)19)11-12(9)26-15(20,21)13(11)22/h1-5,14H. The van der Waals surface area contributed by atoms with Crippen LogP contribution in [0.1, 0.15) is 10.4 Å². The number of Topliss-reactive ketones (excluding diaryl/α,β-unsaturated/α-hetero) is 1. The minimum atomic E-state index is -5.43. The summed E-state index contributed by atoms with van der Waals surface area (Å²) in [4.78, 5) is 10.4. The number of carbonyl (C=O) groups is 1. The Morgan fingerprint density at radius 3 is 2.19 bits per heavy atom. The first-order chi connectivity index (χ1) is 12.4. The number of alkyl halides is 4. The molecule has 0 atom stereocenters. The Morgan fingerprint density at radius 2 is 1.63 bits per heavy atom. The van der Waals surface area contributed by atoms with E-state index in [0.717, 1.165) is 0 Å². The van der Waals surface area contributed by atoms with Crippen molar-refractivity contribution in [1.29, 1.82) is 0 Å². The molecule has 0 bridgehead atoms. The molecule has 1 heterocycles. The van der Waals surface area contributed by atoms with Crippen molar-refractivity contribution in [3.05, 3.63) is 47.5 Å². The summed E-state index contributed by atoms with van der Waals surface area (Å²) in [6.07, 6.45) is -4.54. The molecule has 0 aliphatic carbocycles. The van der Waals surface area contributed by atoms with Crippen molar-refractivity contribution in [3.63, 3.8) is 0 Å². The fraction of sp³-hybridized carbons (Fsp3) is 0.133. The van der Waals surface area contributed by atoms with Crippen LogP contribution in [0, 0.1) is 11.6 Å². The molecule has 1 aliphatic rings. The fourth-order valence-electron chi connectivity index (χ4n) is 2.31. The van der Waals surface area contributed by atoms with Gasteiger partial charge in [0.05, 0.1) is 10.5 Å². The van der Waals surface area contributed by atoms with E-state index in [2.05, 4.69) is 4.74 Å². The number of rotatable bonds is 4. The maximum atomic E-state index is 13.6. The highest BCUT2D eigenvalue weighted by Gasteiger charge is 2.54. The second-order valence-corrected chi connectivity index (χ2v) is 7.11. The molecule has 0 amide bonds. The number of halogens is 6. The third kappa shape index (κ3) is 3.20. The van der Waals surface area contributed by atoms with Crippen LogP contribution in [0.4, 0.5) is 26.3 Å². The monoisotopic (exact) mass is 412 g/mol. The SMILES string of the molecule is O=C1c2c(S(=O)(=O)C(F)F)ccc(Oc3cc(F)cc(F)c3)c2OC1(F)F. The zero-order chi connectivity index (χ0) is 20.1. The number of ether oxygens (including phenoxy) is 2. The predicted octanol–water partition coefficient (Wildman–Crippen LogP) is 3.92. The van der Waals surface area contributed by atoms with E-state index in [1.165, 1.54) is 0 Å². The van der Waals surface area contributed by atoms with Crippen molar-refractivity contribution in [3.8, 4) is 17.2 Å². The number of ketones is 1. The topological polar surface area (TPSA) is 69.7 Å². The number of benzene rings is 2. The lowest BCUT2D eigenvalue weighted by Crippen LogP contribution is -2.29. The second-order valence-electron chi connectivity index (χ2n) is 5.23. The van der Waals surface area contributed by atoms with Gasteiger partial charge >= 0.3 is 11.9 Å². The Hall–Kier alpha value is -2.76. The van der Waals surface area contributed by atoms with Crippen LogP contribution in [0.25, 0.3) is 0 Å². The van der Waals surface area contributed by atoms with E-state index in [-0.39, 0.29) is 0 Å². The van der Waals surface area contributed by atoms with Crippen LogP contribution >= 0.6 is 0 Å². The van der Waals surface area contributed by atoms with Crippen LogP contribution in [0.2, 0.25) is 0 Å². The van der Waals surface area contributed by atoms with Crippen LogP contribution in [-0.4, -0.2) is 26.1 Å². The Kier molecular flexibility index (Phi) is 4.33. The van der Waals surface area contributed by atoms with Gasteiger partial charge in [-0.1, -0.05) is 0 Å². The molecule has 2 aromatic rings. The first-order valence-electron chi connectivity index (χ1n) is 6.88. The molecule has 0 unspecified atom stereocenters. The first kappa shape index (κ1) is 19.0. The number of carbonyl (C=O) groups excluding carboxylic acids is 1. The number of sulfone groups is 1. The average Bonchev–Trinajstić information content (AvgIpc) is 2.77. The molecule has 0 fully saturated rings. The average molecular weight is 412 g/mol. The van der Waals surface area contributed by atoms with Crippen molar-refractivity contribution >= 4 is 15.6 Å². The minimum Gasteiger partial charge on any atom is -0.453 e. The van der Waals surface area contributed by atoms with Gasteiger partial charge in [0.1, 0.15) is 17.4 Å². The molecule has 3 rings (SSSR count). The molecule has 0 saturated heterocycles. The minimum absolute atomic E-state index is 0.438. The maximum Gasteiger partial charge on any atom is 0.466 e. The Bertz CT molecular complexity index is 1030. The molecule has 0 saturated carbocycles. The normalized spacial score (nSPS) is 15.6. The Balaban J connectivity index is 2.18. The number of fused-ring (bicyclic) bond motifs is 1. The van der Waals surface area contributed by atoms with Crippen LogP contribution in [0.3, 0.4) is 0 Å². The zero-order valence-corrected chi connectivity index (χ0v) is 13.5. The zero-order valence-electron chi connectivity index (χ0n) is 12.7. The molecule has 0 spiro atoms. The molecular formula is C15H6F6O5S. The van der Waals surface area contributed by atoms with E-state index in [1.807, 2.05) is 0 Å². The van der Waals surface area contributed by atoms with Crippen molar-refractivity contribution < 1.29 is 49.0 Å². The highest BCUT2D eigenvalue weighted by molar-refractivity contribution is 7.91. The van der Waals surface area contributed by atoms with Crippen molar-refractivity contribution in [2.45, 2.75) is 16.8 Å². The molecule has 1 aliphatic heterocycles. The molecule has 0 N–H and O–H groups in total. The summed E-state index contributed by atoms with van der Waals surface area (Å²) in [7, 11) is -5.43. The highest BCUT2D eigenvalue weighted by Crippen LogP contribution is 2.48. The molecule has 0 radical (unpaired) electrons. The van der Waals surface area contributed by atoms with Crippen molar-refractivity contribution in [1.82, 2.24) is 0 Å². The number of hydrogen-bond donors (Lipinski definition) is 0. The van der Waals surface area contributed by atoms with E-state index in [9.17, 15) is 39.6 Å². The second kappa shape index (κ2) is 6.15. The van der Waals surface area contributed by atoms with Gasteiger partial charge in [-0.15, -0.1) is 0 Å². The molecule has 144 valence electrons. The quantitative estimate of drug-likeness (QED) is 0.712. The number of hydrogen-bond acceptors (Lipinski definition) is 5. The highest BCUT2D eigenvalue weighted by atomic mass is 32.2. The maximum absolute atomic E-state index is 13.6. The summed E-state index contributed by atoms with van der Waals surface area (Å²) in [6, 6.07) is 2.89. The predicted molar refractivity (Wildman–Crippen MR) is 76.0 cm³/mol. The third-order valence-corrected chi connectivity index (χ3v) is 4.83. The van der Waals surface area contributed by atoms with Gasteiger partial charge in [0.15, 0.2) is 11.5 Å².